The van der Waals surface area contributed by atoms with Gasteiger partial charge in [-0.3, -0.25) is 24.0 Å². The van der Waals surface area contributed by atoms with Gasteiger partial charge < -0.3 is 48.0 Å². The van der Waals surface area contributed by atoms with E-state index in [1.54, 1.807) is 6.20 Å². The smallest absolute Gasteiger partial charge is 0.243 e. The topological polar surface area (TPSA) is 242 Å². The number of fused-ring (bicyclic) bond motifs is 4. The van der Waals surface area contributed by atoms with Gasteiger partial charge in [0.05, 0.1) is 11.6 Å². The number of unbranched alkanes of at least 4 members (excludes halogenated alkanes) is 1. The maximum absolute atomic E-state index is 14.9. The Labute approximate surface area is 428 Å². The van der Waals surface area contributed by atoms with Crippen LogP contribution in [0.2, 0.25) is 0 Å². The third kappa shape index (κ3) is 12.6. The molecule has 3 heterocycles. The summed E-state index contributed by atoms with van der Waals surface area (Å²) in [6, 6.07) is 44.3. The number of aromatic amines is 2. The molecule has 0 aliphatic rings. The van der Waals surface area contributed by atoms with E-state index in [0.29, 0.717) is 19.4 Å². The molecule has 9 aromatic rings. The third-order valence-electron chi connectivity index (χ3n) is 13.5. The van der Waals surface area contributed by atoms with Crippen molar-refractivity contribution in [2.24, 2.45) is 11.5 Å². The van der Waals surface area contributed by atoms with Gasteiger partial charge in [-0.25, -0.2) is 4.98 Å². The Bertz CT molecular complexity index is 3430. The Hall–Kier alpha value is -8.82. The van der Waals surface area contributed by atoms with Crippen LogP contribution in [0.3, 0.4) is 0 Å². The third-order valence-corrected chi connectivity index (χ3v) is 13.5. The summed E-state index contributed by atoms with van der Waals surface area (Å²) in [6.07, 6.45) is 5.44. The number of anilines is 1. The molecule has 15 heteroatoms. The van der Waals surface area contributed by atoms with Crippen LogP contribution >= 0.6 is 0 Å². The summed E-state index contributed by atoms with van der Waals surface area (Å²) in [6.45, 7) is 0.575. The standard InChI is InChI=1S/C59H60N10O5/c60-46(33-42-35-63-48-22-10-7-19-44(42)48)56(71)67-52(32-38-25-26-39-16-4-5-18-41(39)30-38)58(73)69-53(34-43-36-64-49-23-11-8-20-45(43)49)59(74)68-51(31-37-14-2-1-3-15-37)57(72)66-50(55(61)70)24-12-13-29-62-54-28-27-40-17-6-9-21-47(40)65-54/h1-11,14-23,25-28,30,35-36,46,50-53,63-64H,12-13,24,29,31-34,60H2,(H2,61,70)(H,62,65)(H,66,72)(H,67,71)(H,68,74)(H,69,73)/t46-,50+,51-,52-,53+/m1/s1. The van der Waals surface area contributed by atoms with Crippen molar-refractivity contribution in [3.05, 3.63) is 192 Å². The average molecular weight is 989 g/mol. The van der Waals surface area contributed by atoms with Crippen LogP contribution in [0.4, 0.5) is 5.82 Å². The highest BCUT2D eigenvalue weighted by atomic mass is 16.2. The maximum atomic E-state index is 14.9. The molecule has 0 radical (unpaired) electrons. The van der Waals surface area contributed by atoms with Gasteiger partial charge in [-0.05, 0) is 89.0 Å². The number of H-pyrrole nitrogens is 2. The van der Waals surface area contributed by atoms with E-state index in [1.165, 1.54) is 0 Å². The monoisotopic (exact) mass is 988 g/mol. The molecule has 3 aromatic heterocycles. The molecule has 0 bridgehead atoms. The van der Waals surface area contributed by atoms with Crippen LogP contribution in [0.15, 0.2) is 170 Å². The van der Waals surface area contributed by atoms with Crippen molar-refractivity contribution in [3.8, 4) is 0 Å². The van der Waals surface area contributed by atoms with E-state index >= 15 is 0 Å². The highest BCUT2D eigenvalue weighted by Gasteiger charge is 2.33. The Morgan fingerprint density at radius 1 is 0.486 bits per heavy atom. The molecule has 5 atom stereocenters. The van der Waals surface area contributed by atoms with Crippen LogP contribution in [-0.4, -0.2) is 81.2 Å². The fraction of sp³-hybridized carbons (Fsp3) is 0.220. The highest BCUT2D eigenvalue weighted by Crippen LogP contribution is 2.22. The van der Waals surface area contributed by atoms with E-state index in [1.807, 2.05) is 164 Å². The minimum Gasteiger partial charge on any atom is -0.370 e. The lowest BCUT2D eigenvalue weighted by atomic mass is 9.98. The number of aromatic nitrogens is 3. The largest absolute Gasteiger partial charge is 0.370 e. The number of nitrogens with one attached hydrogen (secondary N) is 7. The first-order valence-electron chi connectivity index (χ1n) is 25.0. The quantitative estimate of drug-likeness (QED) is 0.0314. The fourth-order valence-corrected chi connectivity index (χ4v) is 9.47. The lowest BCUT2D eigenvalue weighted by Gasteiger charge is -2.27. The lowest BCUT2D eigenvalue weighted by Crippen LogP contribution is -2.60. The predicted octanol–water partition coefficient (Wildman–Crippen LogP) is 6.66. The molecule has 0 unspecified atom stereocenters. The summed E-state index contributed by atoms with van der Waals surface area (Å²) in [7, 11) is 0. The number of hydrogen-bond donors (Lipinski definition) is 9. The van der Waals surface area contributed by atoms with Crippen molar-refractivity contribution in [1.29, 1.82) is 0 Å². The first-order valence-corrected chi connectivity index (χ1v) is 25.0. The second-order valence-electron chi connectivity index (χ2n) is 18.8. The van der Waals surface area contributed by atoms with Gasteiger partial charge in [0.25, 0.3) is 0 Å². The molecule has 74 heavy (non-hydrogen) atoms. The number of amides is 5. The summed E-state index contributed by atoms with van der Waals surface area (Å²) in [5.41, 5.74) is 18.2. The van der Waals surface area contributed by atoms with Crippen LogP contribution in [0.1, 0.15) is 41.5 Å². The van der Waals surface area contributed by atoms with Crippen LogP contribution in [0.5, 0.6) is 0 Å². The molecular formula is C59H60N10O5. The summed E-state index contributed by atoms with van der Waals surface area (Å²) < 4.78 is 0. The van der Waals surface area contributed by atoms with Gasteiger partial charge in [0.1, 0.15) is 30.0 Å². The van der Waals surface area contributed by atoms with Crippen molar-refractivity contribution in [1.82, 2.24) is 36.2 Å². The van der Waals surface area contributed by atoms with E-state index < -0.39 is 59.7 Å². The first-order chi connectivity index (χ1) is 36.0. The number of carbonyl (C=O) groups is 5. The number of nitrogens with two attached hydrogens (primary N) is 2. The van der Waals surface area contributed by atoms with Crippen LogP contribution in [-0.2, 0) is 49.7 Å². The van der Waals surface area contributed by atoms with Gasteiger partial charge in [-0.2, -0.15) is 0 Å². The van der Waals surface area contributed by atoms with Crippen molar-refractivity contribution in [2.75, 3.05) is 11.9 Å². The Morgan fingerprint density at radius 3 is 1.69 bits per heavy atom. The molecule has 0 spiro atoms. The van der Waals surface area contributed by atoms with Crippen LogP contribution < -0.4 is 38.1 Å². The number of primary amides is 1. The van der Waals surface area contributed by atoms with Gasteiger partial charge >= 0.3 is 0 Å². The first kappa shape index (κ1) is 50.1. The molecule has 6 aromatic carbocycles. The Balaban J connectivity index is 0.939. The van der Waals surface area contributed by atoms with E-state index in [4.69, 9.17) is 11.5 Å². The highest BCUT2D eigenvalue weighted by molar-refractivity contribution is 5.97. The summed E-state index contributed by atoms with van der Waals surface area (Å²) in [5, 5.41) is 19.8. The van der Waals surface area contributed by atoms with Gasteiger partial charge in [-0.15, -0.1) is 0 Å². The molecule has 0 aliphatic carbocycles. The van der Waals surface area contributed by atoms with Crippen molar-refractivity contribution >= 4 is 78.8 Å². The number of nitrogens with zero attached hydrogens (tertiary/aromatic N) is 1. The van der Waals surface area contributed by atoms with Crippen LogP contribution in [0, 0.1) is 0 Å². The van der Waals surface area contributed by atoms with E-state index in [-0.39, 0.29) is 32.1 Å². The molecule has 0 aliphatic heterocycles. The zero-order valence-electron chi connectivity index (χ0n) is 40.9. The van der Waals surface area contributed by atoms with E-state index in [2.05, 4.69) is 41.5 Å². The van der Waals surface area contributed by atoms with E-state index in [9.17, 15) is 24.0 Å². The summed E-state index contributed by atoms with van der Waals surface area (Å²) in [5.74, 6) is -2.43. The molecule has 0 saturated heterocycles. The van der Waals surface area contributed by atoms with Gasteiger partial charge in [-0.1, -0.05) is 127 Å². The van der Waals surface area contributed by atoms with Crippen molar-refractivity contribution < 1.29 is 24.0 Å². The number of hydrogen-bond acceptors (Lipinski definition) is 8. The van der Waals surface area contributed by atoms with E-state index in [0.717, 1.165) is 71.6 Å². The zero-order valence-corrected chi connectivity index (χ0v) is 40.9. The molecule has 0 fully saturated rings. The van der Waals surface area contributed by atoms with Crippen LogP contribution in [0.25, 0.3) is 43.5 Å². The number of para-hydroxylation sites is 3. The average Bonchev–Trinajstić information content (AvgIpc) is 4.03. The van der Waals surface area contributed by atoms with Crippen molar-refractivity contribution in [3.63, 3.8) is 0 Å². The molecular weight excluding hydrogens is 929 g/mol. The summed E-state index contributed by atoms with van der Waals surface area (Å²) in [4.78, 5) is 82.3. The molecule has 5 amide bonds. The second-order valence-corrected chi connectivity index (χ2v) is 18.8. The molecule has 376 valence electrons. The Kier molecular flexibility index (Phi) is 16.0. The van der Waals surface area contributed by atoms with Gasteiger partial charge in [0, 0.05) is 65.4 Å². The van der Waals surface area contributed by atoms with Gasteiger partial charge in [0.15, 0.2) is 0 Å². The molecule has 0 saturated carbocycles. The summed E-state index contributed by atoms with van der Waals surface area (Å²) >= 11 is 0. The minimum absolute atomic E-state index is 0.0185. The normalized spacial score (nSPS) is 13.4. The number of pyridine rings is 1. The molecule has 9 rings (SSSR count). The predicted molar refractivity (Wildman–Crippen MR) is 291 cm³/mol. The Morgan fingerprint density at radius 2 is 1.01 bits per heavy atom. The lowest BCUT2D eigenvalue weighted by molar-refractivity contribution is -0.134. The SMILES string of the molecule is NC(=O)[C@H](CCCCNc1ccc2ccccc2n1)NC(=O)[C@@H](Cc1ccccc1)NC(=O)[C@H](Cc1c[nH]c2ccccc12)NC(=O)[C@@H](Cc1ccc2ccccc2c1)NC(=O)[C@H](N)Cc1c[nH]c2ccccc12. The maximum Gasteiger partial charge on any atom is 0.243 e. The number of rotatable bonds is 23. The number of carbonyl (C=O) groups excluding carboxylic acids is 5. The zero-order chi connectivity index (χ0) is 51.4. The second kappa shape index (κ2) is 23.6. The minimum atomic E-state index is -1.25. The molecule has 15 nitrogen and oxygen atoms in total. The number of benzene rings is 6. The van der Waals surface area contributed by atoms with Crippen molar-refractivity contribution in [2.45, 2.75) is 75.2 Å². The fourth-order valence-electron chi connectivity index (χ4n) is 9.47. The molecule has 11 N–H and O–H groups in total. The van der Waals surface area contributed by atoms with Gasteiger partial charge in [0.2, 0.25) is 29.5 Å².